The fourth-order valence-electron chi connectivity index (χ4n) is 4.01. The van der Waals surface area contributed by atoms with Crippen LogP contribution in [0.4, 0.5) is 10.1 Å². The van der Waals surface area contributed by atoms with Crippen LogP contribution in [0.1, 0.15) is 0 Å². The molecule has 4 rings (SSSR count). The molecule has 0 N–H and O–H groups in total. The van der Waals surface area contributed by atoms with Gasteiger partial charge in [-0.1, -0.05) is 18.2 Å². The van der Waals surface area contributed by atoms with Gasteiger partial charge in [-0.3, -0.25) is 4.90 Å². The summed E-state index contributed by atoms with van der Waals surface area (Å²) in [6, 6.07) is 9.15. The normalized spacial score (nSPS) is 25.8. The van der Waals surface area contributed by atoms with Crippen LogP contribution in [-0.4, -0.2) is 70.7 Å². The summed E-state index contributed by atoms with van der Waals surface area (Å²) in [6.07, 6.45) is 0. The summed E-state index contributed by atoms with van der Waals surface area (Å²) < 4.78 is 64.9. The van der Waals surface area contributed by atoms with Gasteiger partial charge < -0.3 is 4.90 Å². The molecule has 28 heavy (non-hydrogen) atoms. The Kier molecular flexibility index (Phi) is 5.24. The zero-order chi connectivity index (χ0) is 19.9. The van der Waals surface area contributed by atoms with Crippen molar-refractivity contribution in [2.75, 3.05) is 42.6 Å². The SMILES string of the molecule is O=S1(=O)CC(N2CCN(c3ccccc3F)CC2)C(S(=O)(=O)c2cccs2)C1. The minimum atomic E-state index is -3.71. The molecule has 2 aliphatic heterocycles. The smallest absolute Gasteiger partial charge is 0.193 e. The lowest BCUT2D eigenvalue weighted by atomic mass is 10.1. The molecule has 1 aromatic carbocycles. The van der Waals surface area contributed by atoms with Gasteiger partial charge >= 0.3 is 0 Å². The Balaban J connectivity index is 1.54. The lowest BCUT2D eigenvalue weighted by Gasteiger charge is -2.40. The van der Waals surface area contributed by atoms with Gasteiger partial charge in [0.25, 0.3) is 0 Å². The fourth-order valence-corrected chi connectivity index (χ4v) is 10.1. The Morgan fingerprint density at radius 1 is 1.00 bits per heavy atom. The van der Waals surface area contributed by atoms with Crippen LogP contribution < -0.4 is 4.90 Å². The van der Waals surface area contributed by atoms with Gasteiger partial charge in [0.1, 0.15) is 10.0 Å². The molecular formula is C18H21FN2O4S3. The zero-order valence-electron chi connectivity index (χ0n) is 15.1. The molecular weight excluding hydrogens is 423 g/mol. The minimum absolute atomic E-state index is 0.151. The highest BCUT2D eigenvalue weighted by molar-refractivity contribution is 7.97. The zero-order valence-corrected chi connectivity index (χ0v) is 17.5. The van der Waals surface area contributed by atoms with Crippen LogP contribution in [0.5, 0.6) is 0 Å². The number of para-hydroxylation sites is 1. The first kappa shape index (κ1) is 19.8. The third kappa shape index (κ3) is 3.70. The van der Waals surface area contributed by atoms with Crippen LogP contribution in [0.15, 0.2) is 46.0 Å². The average Bonchev–Trinajstić information content (AvgIpc) is 3.31. The second-order valence-electron chi connectivity index (χ2n) is 7.13. The fraction of sp³-hybridized carbons (Fsp3) is 0.444. The predicted molar refractivity (Wildman–Crippen MR) is 108 cm³/mol. The van der Waals surface area contributed by atoms with Gasteiger partial charge in [-0.05, 0) is 23.6 Å². The van der Waals surface area contributed by atoms with Crippen molar-refractivity contribution < 1.29 is 21.2 Å². The number of anilines is 1. The van der Waals surface area contributed by atoms with E-state index in [-0.39, 0.29) is 21.5 Å². The molecule has 0 amide bonds. The van der Waals surface area contributed by atoms with Crippen LogP contribution in [0, 0.1) is 5.82 Å². The summed E-state index contributed by atoms with van der Waals surface area (Å²) in [7, 11) is -7.14. The first-order chi connectivity index (χ1) is 13.3. The number of hydrogen-bond acceptors (Lipinski definition) is 7. The van der Waals surface area contributed by atoms with Gasteiger partial charge in [0.05, 0.1) is 22.4 Å². The van der Waals surface area contributed by atoms with E-state index in [0.717, 1.165) is 11.3 Å². The molecule has 2 saturated heterocycles. The average molecular weight is 445 g/mol. The molecule has 2 aromatic rings. The van der Waals surface area contributed by atoms with Crippen molar-refractivity contribution in [1.82, 2.24) is 4.90 Å². The molecule has 2 fully saturated rings. The Bertz CT molecular complexity index is 1050. The van der Waals surface area contributed by atoms with Crippen molar-refractivity contribution in [2.45, 2.75) is 15.5 Å². The lowest BCUT2D eigenvalue weighted by molar-refractivity contribution is 0.201. The molecule has 0 bridgehead atoms. The van der Waals surface area contributed by atoms with E-state index < -0.39 is 31.0 Å². The van der Waals surface area contributed by atoms with E-state index in [4.69, 9.17) is 0 Å². The number of halogens is 1. The molecule has 10 heteroatoms. The Labute approximate surface area is 168 Å². The first-order valence-electron chi connectivity index (χ1n) is 8.99. The van der Waals surface area contributed by atoms with E-state index in [1.54, 1.807) is 29.6 Å². The van der Waals surface area contributed by atoms with Crippen molar-refractivity contribution in [2.24, 2.45) is 0 Å². The Morgan fingerprint density at radius 3 is 2.36 bits per heavy atom. The van der Waals surface area contributed by atoms with Crippen LogP contribution in [0.2, 0.25) is 0 Å². The molecule has 152 valence electrons. The highest BCUT2D eigenvalue weighted by Gasteiger charge is 2.48. The maximum atomic E-state index is 14.0. The summed E-state index contributed by atoms with van der Waals surface area (Å²) in [4.78, 5) is 3.86. The number of thiophene rings is 1. The van der Waals surface area contributed by atoms with Gasteiger partial charge in [-0.25, -0.2) is 21.2 Å². The molecule has 0 radical (unpaired) electrons. The van der Waals surface area contributed by atoms with E-state index >= 15 is 0 Å². The monoisotopic (exact) mass is 444 g/mol. The minimum Gasteiger partial charge on any atom is -0.367 e. The van der Waals surface area contributed by atoms with Crippen molar-refractivity contribution in [3.8, 4) is 0 Å². The Hall–Kier alpha value is -1.49. The van der Waals surface area contributed by atoms with Crippen LogP contribution >= 0.6 is 11.3 Å². The summed E-state index contributed by atoms with van der Waals surface area (Å²) in [5.74, 6) is -0.787. The predicted octanol–water partition coefficient (Wildman–Crippen LogP) is 1.65. The number of rotatable bonds is 4. The topological polar surface area (TPSA) is 74.8 Å². The summed E-state index contributed by atoms with van der Waals surface area (Å²) >= 11 is 1.11. The number of benzene rings is 1. The third-order valence-electron chi connectivity index (χ3n) is 5.42. The molecule has 0 saturated carbocycles. The molecule has 0 spiro atoms. The van der Waals surface area contributed by atoms with Crippen molar-refractivity contribution in [3.63, 3.8) is 0 Å². The molecule has 1 aromatic heterocycles. The second-order valence-corrected chi connectivity index (χ2v) is 12.6. The van der Waals surface area contributed by atoms with Gasteiger partial charge in [0, 0.05) is 32.2 Å². The molecule has 2 atom stereocenters. The van der Waals surface area contributed by atoms with Crippen molar-refractivity contribution in [3.05, 3.63) is 47.6 Å². The first-order valence-corrected chi connectivity index (χ1v) is 13.2. The lowest BCUT2D eigenvalue weighted by Crippen LogP contribution is -2.55. The van der Waals surface area contributed by atoms with Crippen molar-refractivity contribution in [1.29, 1.82) is 0 Å². The molecule has 2 aliphatic rings. The summed E-state index contributed by atoms with van der Waals surface area (Å²) in [5.41, 5.74) is 0.518. The van der Waals surface area contributed by atoms with Crippen LogP contribution in [0.3, 0.4) is 0 Å². The van der Waals surface area contributed by atoms with Gasteiger partial charge in [0.2, 0.25) is 0 Å². The molecule has 0 aliphatic carbocycles. The van der Waals surface area contributed by atoms with E-state index in [1.165, 1.54) is 12.1 Å². The number of piperazine rings is 1. The van der Waals surface area contributed by atoms with Gasteiger partial charge in [-0.2, -0.15) is 0 Å². The second kappa shape index (κ2) is 7.40. The van der Waals surface area contributed by atoms with Gasteiger partial charge in [-0.15, -0.1) is 11.3 Å². The molecule has 2 unspecified atom stereocenters. The van der Waals surface area contributed by atoms with Crippen LogP contribution in [0.25, 0.3) is 0 Å². The summed E-state index contributed by atoms with van der Waals surface area (Å²) in [6.45, 7) is 2.02. The number of hydrogen-bond donors (Lipinski definition) is 0. The maximum Gasteiger partial charge on any atom is 0.193 e. The largest absolute Gasteiger partial charge is 0.367 e. The maximum absolute atomic E-state index is 14.0. The number of nitrogens with zero attached hydrogens (tertiary/aromatic N) is 2. The highest BCUT2D eigenvalue weighted by atomic mass is 32.2. The molecule has 3 heterocycles. The third-order valence-corrected chi connectivity index (χ3v) is 11.0. The van der Waals surface area contributed by atoms with Crippen molar-refractivity contribution >= 4 is 36.7 Å². The van der Waals surface area contributed by atoms with E-state index in [0.29, 0.717) is 31.9 Å². The van der Waals surface area contributed by atoms with Crippen LogP contribution in [-0.2, 0) is 19.7 Å². The Morgan fingerprint density at radius 2 is 1.71 bits per heavy atom. The quantitative estimate of drug-likeness (QED) is 0.714. The highest BCUT2D eigenvalue weighted by Crippen LogP contribution is 2.32. The van der Waals surface area contributed by atoms with E-state index in [9.17, 15) is 21.2 Å². The van der Waals surface area contributed by atoms with E-state index in [2.05, 4.69) is 0 Å². The summed E-state index contributed by atoms with van der Waals surface area (Å²) in [5, 5.41) is 0.717. The van der Waals surface area contributed by atoms with Gasteiger partial charge in [0.15, 0.2) is 19.7 Å². The van der Waals surface area contributed by atoms with E-state index in [1.807, 2.05) is 9.80 Å². The standard InChI is InChI=1S/C18H21FN2O4S3/c19-14-4-1-2-5-15(14)20-7-9-21(10-8-20)16-12-27(22,23)13-17(16)28(24,25)18-6-3-11-26-18/h1-6,11,16-17H,7-10,12-13H2. The molecule has 6 nitrogen and oxygen atoms in total. The number of sulfone groups is 2.